The number of ketones is 1. The molecule has 7 nitrogen and oxygen atoms in total. The van der Waals surface area contributed by atoms with Gasteiger partial charge in [-0.15, -0.1) is 0 Å². The summed E-state index contributed by atoms with van der Waals surface area (Å²) in [4.78, 5) is 47.2. The Kier molecular flexibility index (Phi) is 3.87. The van der Waals surface area contributed by atoms with Gasteiger partial charge in [0.25, 0.3) is 11.5 Å². The molecule has 1 aromatic rings. The summed E-state index contributed by atoms with van der Waals surface area (Å²) in [5.74, 6) is -1.14. The van der Waals surface area contributed by atoms with E-state index in [9.17, 15) is 19.2 Å². The fraction of sp³-hybridized carbons (Fsp3) is 0.538. The number of aryl methyl sites for hydroxylation is 1. The minimum Gasteiger partial charge on any atom is -0.365 e. The van der Waals surface area contributed by atoms with Gasteiger partial charge in [0.2, 0.25) is 0 Å². The first-order valence-electron chi connectivity index (χ1n) is 6.55. The van der Waals surface area contributed by atoms with Crippen molar-refractivity contribution in [3.05, 3.63) is 32.6 Å². The van der Waals surface area contributed by atoms with E-state index in [0.29, 0.717) is 0 Å². The Morgan fingerprint density at radius 3 is 2.45 bits per heavy atom. The van der Waals surface area contributed by atoms with Crippen LogP contribution in [-0.2, 0) is 18.4 Å². The summed E-state index contributed by atoms with van der Waals surface area (Å²) in [5, 5.41) is 0. The second kappa shape index (κ2) is 5.44. The van der Waals surface area contributed by atoms with Crippen molar-refractivity contribution in [2.24, 2.45) is 18.7 Å². The maximum Gasteiger partial charge on any atom is 0.331 e. The van der Waals surface area contributed by atoms with Crippen LogP contribution in [-0.4, -0.2) is 20.8 Å². The van der Waals surface area contributed by atoms with Crippen molar-refractivity contribution in [1.29, 1.82) is 0 Å². The SMILES string of the molecule is Cn1cc(C(N)=O)c(=O)n(CC(=O)C2CCCC2)c1=O. The van der Waals surface area contributed by atoms with Gasteiger partial charge in [-0.2, -0.15) is 0 Å². The number of carbonyl (C=O) groups is 2. The minimum atomic E-state index is -0.910. The minimum absolute atomic E-state index is 0.0937. The monoisotopic (exact) mass is 279 g/mol. The number of Topliss-reactive ketones (excluding diaryl/α,β-unsaturated/α-hetero) is 1. The fourth-order valence-corrected chi connectivity index (χ4v) is 2.57. The highest BCUT2D eigenvalue weighted by molar-refractivity contribution is 5.92. The zero-order valence-corrected chi connectivity index (χ0v) is 11.3. The normalized spacial score (nSPS) is 15.4. The molecule has 1 heterocycles. The van der Waals surface area contributed by atoms with Crippen molar-refractivity contribution in [1.82, 2.24) is 9.13 Å². The molecule has 1 aliphatic carbocycles. The van der Waals surface area contributed by atoms with E-state index >= 15 is 0 Å². The van der Waals surface area contributed by atoms with Gasteiger partial charge < -0.3 is 10.3 Å². The van der Waals surface area contributed by atoms with Crippen molar-refractivity contribution in [2.45, 2.75) is 32.2 Å². The zero-order chi connectivity index (χ0) is 14.9. The molecule has 1 aliphatic rings. The molecule has 0 spiro atoms. The molecule has 0 aromatic carbocycles. The Labute approximate surface area is 115 Å². The predicted molar refractivity (Wildman–Crippen MR) is 71.4 cm³/mol. The van der Waals surface area contributed by atoms with Gasteiger partial charge in [0, 0.05) is 19.2 Å². The van der Waals surface area contributed by atoms with Gasteiger partial charge in [0.15, 0.2) is 5.78 Å². The number of nitrogens with two attached hydrogens (primary N) is 1. The van der Waals surface area contributed by atoms with Crippen molar-refractivity contribution in [3.8, 4) is 0 Å². The van der Waals surface area contributed by atoms with Gasteiger partial charge in [-0.25, -0.2) is 4.79 Å². The molecular weight excluding hydrogens is 262 g/mol. The summed E-state index contributed by atoms with van der Waals surface area (Å²) in [5.41, 5.74) is 3.40. The number of hydrogen-bond donors (Lipinski definition) is 1. The van der Waals surface area contributed by atoms with E-state index in [1.54, 1.807) is 0 Å². The fourth-order valence-electron chi connectivity index (χ4n) is 2.57. The number of carbonyl (C=O) groups excluding carboxylic acids is 2. The van der Waals surface area contributed by atoms with Crippen LogP contribution in [0.5, 0.6) is 0 Å². The Hall–Kier alpha value is -2.18. The van der Waals surface area contributed by atoms with Crippen LogP contribution in [0, 0.1) is 5.92 Å². The molecule has 1 fully saturated rings. The summed E-state index contributed by atoms with van der Waals surface area (Å²) in [6.45, 7) is -0.294. The number of nitrogens with zero attached hydrogens (tertiary/aromatic N) is 2. The first kappa shape index (κ1) is 14.2. The van der Waals surface area contributed by atoms with Crippen LogP contribution in [0.4, 0.5) is 0 Å². The molecule has 2 N–H and O–H groups in total. The molecule has 0 radical (unpaired) electrons. The lowest BCUT2D eigenvalue weighted by Gasteiger charge is -2.11. The Morgan fingerprint density at radius 2 is 1.90 bits per heavy atom. The lowest BCUT2D eigenvalue weighted by molar-refractivity contribution is -0.123. The molecule has 0 atom stereocenters. The van der Waals surface area contributed by atoms with Gasteiger partial charge in [-0.1, -0.05) is 12.8 Å². The average molecular weight is 279 g/mol. The summed E-state index contributed by atoms with van der Waals surface area (Å²) < 4.78 is 1.88. The molecule has 7 heteroatoms. The average Bonchev–Trinajstić information content (AvgIpc) is 2.92. The lowest BCUT2D eigenvalue weighted by atomic mass is 10.0. The van der Waals surface area contributed by atoms with E-state index in [-0.39, 0.29) is 23.8 Å². The third-order valence-corrected chi connectivity index (χ3v) is 3.72. The van der Waals surface area contributed by atoms with Crippen LogP contribution in [0.1, 0.15) is 36.0 Å². The van der Waals surface area contributed by atoms with Gasteiger partial charge >= 0.3 is 5.69 Å². The molecule has 0 aliphatic heterocycles. The number of hydrogen-bond acceptors (Lipinski definition) is 4. The second-order valence-corrected chi connectivity index (χ2v) is 5.14. The number of rotatable bonds is 4. The smallest absolute Gasteiger partial charge is 0.331 e. The molecule has 1 aromatic heterocycles. The van der Waals surface area contributed by atoms with Crippen molar-refractivity contribution in [3.63, 3.8) is 0 Å². The largest absolute Gasteiger partial charge is 0.365 e. The molecule has 0 saturated heterocycles. The van der Waals surface area contributed by atoms with E-state index in [1.807, 2.05) is 0 Å². The molecular formula is C13H17N3O4. The Balaban J connectivity index is 2.40. The van der Waals surface area contributed by atoms with E-state index < -0.39 is 17.2 Å². The summed E-state index contributed by atoms with van der Waals surface area (Å²) in [6.07, 6.45) is 4.67. The van der Waals surface area contributed by atoms with E-state index in [4.69, 9.17) is 5.73 Å². The summed E-state index contributed by atoms with van der Waals surface area (Å²) in [6, 6.07) is 0. The predicted octanol–water partition coefficient (Wildman–Crippen LogP) is -0.595. The molecule has 1 amide bonds. The molecule has 1 saturated carbocycles. The summed E-state index contributed by atoms with van der Waals surface area (Å²) in [7, 11) is 1.41. The molecule has 0 bridgehead atoms. The van der Waals surface area contributed by atoms with Crippen molar-refractivity contribution >= 4 is 11.7 Å². The first-order chi connectivity index (χ1) is 9.41. The standard InChI is InChI=1S/C13H17N3O4/c1-15-6-9(11(14)18)12(19)16(13(15)20)7-10(17)8-4-2-3-5-8/h6,8H,2-5,7H2,1H3,(H2,14,18). The Bertz CT molecular complexity index is 665. The topological polar surface area (TPSA) is 104 Å². The highest BCUT2D eigenvalue weighted by Crippen LogP contribution is 2.25. The molecule has 2 rings (SSSR count). The third kappa shape index (κ3) is 2.56. The zero-order valence-electron chi connectivity index (χ0n) is 11.3. The maximum absolute atomic E-state index is 12.1. The number of aromatic nitrogens is 2. The highest BCUT2D eigenvalue weighted by atomic mass is 16.2. The van der Waals surface area contributed by atoms with E-state index in [1.165, 1.54) is 7.05 Å². The number of amides is 1. The van der Waals surface area contributed by atoms with E-state index in [0.717, 1.165) is 41.0 Å². The van der Waals surface area contributed by atoms with Crippen LogP contribution >= 0.6 is 0 Å². The van der Waals surface area contributed by atoms with Crippen LogP contribution in [0.2, 0.25) is 0 Å². The maximum atomic E-state index is 12.1. The van der Waals surface area contributed by atoms with Crippen molar-refractivity contribution < 1.29 is 9.59 Å². The number of primary amides is 1. The molecule has 0 unspecified atom stereocenters. The van der Waals surface area contributed by atoms with E-state index in [2.05, 4.69) is 0 Å². The molecule has 20 heavy (non-hydrogen) atoms. The van der Waals surface area contributed by atoms with Gasteiger partial charge in [0.1, 0.15) is 5.56 Å². The van der Waals surface area contributed by atoms with Crippen molar-refractivity contribution in [2.75, 3.05) is 0 Å². The van der Waals surface area contributed by atoms with Gasteiger partial charge in [-0.05, 0) is 12.8 Å². The highest BCUT2D eigenvalue weighted by Gasteiger charge is 2.24. The first-order valence-corrected chi connectivity index (χ1v) is 6.55. The van der Waals surface area contributed by atoms with Crippen LogP contribution in [0.25, 0.3) is 0 Å². The second-order valence-electron chi connectivity index (χ2n) is 5.14. The van der Waals surface area contributed by atoms with Gasteiger partial charge in [-0.3, -0.25) is 19.0 Å². The van der Waals surface area contributed by atoms with Crippen LogP contribution < -0.4 is 17.0 Å². The quantitative estimate of drug-likeness (QED) is 0.795. The van der Waals surface area contributed by atoms with Crippen LogP contribution in [0.3, 0.4) is 0 Å². The van der Waals surface area contributed by atoms with Gasteiger partial charge in [0.05, 0.1) is 6.54 Å². The van der Waals surface area contributed by atoms with Crippen LogP contribution in [0.15, 0.2) is 15.8 Å². The summed E-state index contributed by atoms with van der Waals surface area (Å²) >= 11 is 0. The Morgan fingerprint density at radius 1 is 1.30 bits per heavy atom. The lowest BCUT2D eigenvalue weighted by Crippen LogP contribution is -2.44. The third-order valence-electron chi connectivity index (χ3n) is 3.72. The molecule has 108 valence electrons.